The maximum atomic E-state index is 6.11. The first-order valence-corrected chi connectivity index (χ1v) is 8.00. The van der Waals surface area contributed by atoms with Gasteiger partial charge in [-0.25, -0.2) is 0 Å². The Hall–Kier alpha value is -1.58. The summed E-state index contributed by atoms with van der Waals surface area (Å²) < 4.78 is 2.32. The Morgan fingerprint density at radius 2 is 2.10 bits per heavy atom. The maximum Gasteiger partial charge on any atom is 0.0569 e. The van der Waals surface area contributed by atoms with Crippen LogP contribution in [0.1, 0.15) is 23.8 Å². The summed E-state index contributed by atoms with van der Waals surface area (Å²) in [5.74, 6) is 0. The van der Waals surface area contributed by atoms with E-state index >= 15 is 0 Å². The predicted octanol–water partition coefficient (Wildman–Crippen LogP) is 4.03. The minimum Gasteiger partial charge on any atom is -0.342 e. The Kier molecular flexibility index (Phi) is 3.90. The van der Waals surface area contributed by atoms with E-state index in [0.29, 0.717) is 0 Å². The predicted molar refractivity (Wildman–Crippen MR) is 87.3 cm³/mol. The van der Waals surface area contributed by atoms with Crippen LogP contribution in [0.15, 0.2) is 48.0 Å². The first kappa shape index (κ1) is 13.4. The minimum absolute atomic E-state index is 0.251. The number of rotatable bonds is 5. The van der Waals surface area contributed by atoms with Crippen LogP contribution in [0.25, 0.3) is 10.9 Å². The van der Waals surface area contributed by atoms with Gasteiger partial charge in [-0.1, -0.05) is 25.1 Å². The Labute approximate surface area is 123 Å². The molecule has 0 aliphatic heterocycles. The smallest absolute Gasteiger partial charge is 0.0569 e. The minimum atomic E-state index is 0.251. The number of benzene rings is 1. The molecule has 104 valence electrons. The molecule has 3 rings (SSSR count). The summed E-state index contributed by atoms with van der Waals surface area (Å²) in [5, 5.41) is 3.47. The topological polar surface area (TPSA) is 30.9 Å². The molecule has 3 heteroatoms. The largest absolute Gasteiger partial charge is 0.342 e. The SMILES string of the molecule is CCC(N)Cc1cccc2c1ccn2Cc1cccs1. The zero-order valence-electron chi connectivity index (χ0n) is 11.8. The van der Waals surface area contributed by atoms with E-state index in [1.165, 1.54) is 21.3 Å². The molecule has 20 heavy (non-hydrogen) atoms. The highest BCUT2D eigenvalue weighted by molar-refractivity contribution is 7.09. The average molecular weight is 284 g/mol. The lowest BCUT2D eigenvalue weighted by molar-refractivity contribution is 0.649. The normalized spacial score (nSPS) is 12.9. The third-order valence-electron chi connectivity index (χ3n) is 3.82. The molecule has 0 aliphatic rings. The first-order valence-electron chi connectivity index (χ1n) is 7.12. The van der Waals surface area contributed by atoms with E-state index in [9.17, 15) is 0 Å². The zero-order chi connectivity index (χ0) is 13.9. The molecule has 0 saturated carbocycles. The average Bonchev–Trinajstić information content (AvgIpc) is 3.10. The van der Waals surface area contributed by atoms with Crippen LogP contribution < -0.4 is 5.73 Å². The lowest BCUT2D eigenvalue weighted by Crippen LogP contribution is -2.21. The van der Waals surface area contributed by atoms with Crippen molar-refractivity contribution in [3.8, 4) is 0 Å². The quantitative estimate of drug-likeness (QED) is 0.753. The van der Waals surface area contributed by atoms with Crippen molar-refractivity contribution >= 4 is 22.2 Å². The van der Waals surface area contributed by atoms with Crippen LogP contribution in [0.3, 0.4) is 0 Å². The number of nitrogens with two attached hydrogens (primary N) is 1. The van der Waals surface area contributed by atoms with Gasteiger partial charge in [0.15, 0.2) is 0 Å². The second-order valence-corrected chi connectivity index (χ2v) is 6.28. The Morgan fingerprint density at radius 3 is 2.85 bits per heavy atom. The fourth-order valence-electron chi connectivity index (χ4n) is 2.60. The van der Waals surface area contributed by atoms with E-state index in [1.54, 1.807) is 0 Å². The van der Waals surface area contributed by atoms with Crippen molar-refractivity contribution in [1.82, 2.24) is 4.57 Å². The van der Waals surface area contributed by atoms with Gasteiger partial charge >= 0.3 is 0 Å². The van der Waals surface area contributed by atoms with E-state index in [1.807, 2.05) is 11.3 Å². The number of aromatic nitrogens is 1. The van der Waals surface area contributed by atoms with E-state index in [-0.39, 0.29) is 6.04 Å². The second kappa shape index (κ2) is 5.81. The summed E-state index contributed by atoms with van der Waals surface area (Å²) in [6, 6.07) is 13.3. The third-order valence-corrected chi connectivity index (χ3v) is 4.68. The fraction of sp³-hybridized carbons (Fsp3) is 0.294. The van der Waals surface area contributed by atoms with Crippen molar-refractivity contribution < 1.29 is 0 Å². The monoisotopic (exact) mass is 284 g/mol. The van der Waals surface area contributed by atoms with Crippen molar-refractivity contribution in [1.29, 1.82) is 0 Å². The van der Waals surface area contributed by atoms with Crippen molar-refractivity contribution in [3.63, 3.8) is 0 Å². The van der Waals surface area contributed by atoms with Crippen LogP contribution in [-0.2, 0) is 13.0 Å². The van der Waals surface area contributed by atoms with Gasteiger partial charge in [-0.05, 0) is 42.0 Å². The number of hydrogen-bond acceptors (Lipinski definition) is 2. The van der Waals surface area contributed by atoms with Crippen molar-refractivity contribution in [2.75, 3.05) is 0 Å². The Balaban J connectivity index is 1.94. The molecule has 1 atom stereocenters. The molecule has 1 unspecified atom stereocenters. The molecule has 0 fully saturated rings. The molecule has 0 bridgehead atoms. The molecule has 3 aromatic rings. The van der Waals surface area contributed by atoms with Gasteiger partial charge in [0, 0.05) is 28.0 Å². The van der Waals surface area contributed by atoms with Crippen LogP contribution in [0, 0.1) is 0 Å². The van der Waals surface area contributed by atoms with Gasteiger partial charge in [0.2, 0.25) is 0 Å². The fourth-order valence-corrected chi connectivity index (χ4v) is 3.30. The summed E-state index contributed by atoms with van der Waals surface area (Å²) >= 11 is 1.81. The van der Waals surface area contributed by atoms with Crippen LogP contribution in [0.4, 0.5) is 0 Å². The highest BCUT2D eigenvalue weighted by Gasteiger charge is 2.09. The van der Waals surface area contributed by atoms with Crippen LogP contribution in [0.2, 0.25) is 0 Å². The summed E-state index contributed by atoms with van der Waals surface area (Å²) in [6.45, 7) is 3.09. The first-order chi connectivity index (χ1) is 9.78. The molecule has 2 aromatic heterocycles. The van der Waals surface area contributed by atoms with E-state index in [4.69, 9.17) is 5.73 Å². The molecular formula is C17H20N2S. The molecule has 0 saturated heterocycles. The maximum absolute atomic E-state index is 6.11. The standard InChI is InChI=1S/C17H20N2S/c1-2-14(18)11-13-5-3-7-17-16(13)8-9-19(17)12-15-6-4-10-20-15/h3-10,14H,2,11-12,18H2,1H3. The van der Waals surface area contributed by atoms with E-state index in [2.05, 4.69) is 59.5 Å². The van der Waals surface area contributed by atoms with Crippen LogP contribution in [0.5, 0.6) is 0 Å². The summed E-state index contributed by atoms with van der Waals surface area (Å²) in [5.41, 5.74) is 8.77. The summed E-state index contributed by atoms with van der Waals surface area (Å²) in [7, 11) is 0. The van der Waals surface area contributed by atoms with Crippen molar-refractivity contribution in [2.45, 2.75) is 32.4 Å². The summed E-state index contributed by atoms with van der Waals surface area (Å²) in [4.78, 5) is 1.39. The molecule has 2 heterocycles. The zero-order valence-corrected chi connectivity index (χ0v) is 12.6. The molecule has 0 radical (unpaired) electrons. The van der Waals surface area contributed by atoms with Gasteiger partial charge in [0.25, 0.3) is 0 Å². The van der Waals surface area contributed by atoms with Crippen molar-refractivity contribution in [3.05, 3.63) is 58.4 Å². The second-order valence-electron chi connectivity index (χ2n) is 5.25. The molecule has 0 amide bonds. The van der Waals surface area contributed by atoms with Gasteiger partial charge in [-0.2, -0.15) is 0 Å². The van der Waals surface area contributed by atoms with Gasteiger partial charge in [-0.15, -0.1) is 11.3 Å². The van der Waals surface area contributed by atoms with Gasteiger partial charge in [0.05, 0.1) is 6.54 Å². The third kappa shape index (κ3) is 2.65. The van der Waals surface area contributed by atoms with Gasteiger partial charge in [-0.3, -0.25) is 0 Å². The van der Waals surface area contributed by atoms with Crippen LogP contribution in [-0.4, -0.2) is 10.6 Å². The molecular weight excluding hydrogens is 264 g/mol. The van der Waals surface area contributed by atoms with Crippen LogP contribution >= 0.6 is 11.3 Å². The number of thiophene rings is 1. The molecule has 0 aliphatic carbocycles. The number of fused-ring (bicyclic) bond motifs is 1. The van der Waals surface area contributed by atoms with E-state index < -0.39 is 0 Å². The lowest BCUT2D eigenvalue weighted by Gasteiger charge is -2.10. The number of hydrogen-bond donors (Lipinski definition) is 1. The van der Waals surface area contributed by atoms with E-state index in [0.717, 1.165) is 19.4 Å². The Morgan fingerprint density at radius 1 is 1.20 bits per heavy atom. The number of nitrogens with zero attached hydrogens (tertiary/aromatic N) is 1. The molecule has 2 N–H and O–H groups in total. The molecule has 1 aromatic carbocycles. The van der Waals surface area contributed by atoms with Gasteiger partial charge in [0.1, 0.15) is 0 Å². The Bertz CT molecular complexity index is 682. The van der Waals surface area contributed by atoms with Crippen molar-refractivity contribution in [2.24, 2.45) is 5.73 Å². The molecule has 0 spiro atoms. The molecule has 2 nitrogen and oxygen atoms in total. The highest BCUT2D eigenvalue weighted by Crippen LogP contribution is 2.23. The highest BCUT2D eigenvalue weighted by atomic mass is 32.1. The lowest BCUT2D eigenvalue weighted by atomic mass is 10.0. The van der Waals surface area contributed by atoms with Gasteiger partial charge < -0.3 is 10.3 Å². The summed E-state index contributed by atoms with van der Waals surface area (Å²) in [6.07, 6.45) is 4.16.